The molecule has 0 bridgehead atoms. The predicted molar refractivity (Wildman–Crippen MR) is 71.8 cm³/mol. The molecule has 1 unspecified atom stereocenters. The molecule has 1 saturated heterocycles. The van der Waals surface area contributed by atoms with Gasteiger partial charge < -0.3 is 10.2 Å². The van der Waals surface area contributed by atoms with Crippen molar-refractivity contribution < 1.29 is 4.79 Å². The molecule has 0 aliphatic carbocycles. The maximum atomic E-state index is 11.8. The third kappa shape index (κ3) is 4.50. The van der Waals surface area contributed by atoms with Crippen LogP contribution in [0, 0.1) is 11.8 Å². The van der Waals surface area contributed by atoms with E-state index in [-0.39, 0.29) is 0 Å². The topological polar surface area (TPSA) is 32.3 Å². The molecule has 1 amide bonds. The van der Waals surface area contributed by atoms with Gasteiger partial charge in [-0.3, -0.25) is 4.79 Å². The molecule has 1 rings (SSSR count). The third-order valence-electron chi connectivity index (χ3n) is 3.40. The maximum Gasteiger partial charge on any atom is 0.223 e. The van der Waals surface area contributed by atoms with Crippen LogP contribution in [0.25, 0.3) is 0 Å². The average molecular weight is 238 g/mol. The van der Waals surface area contributed by atoms with Crippen LogP contribution in [0.2, 0.25) is 0 Å². The van der Waals surface area contributed by atoms with Crippen LogP contribution < -0.4 is 5.32 Å². The minimum atomic E-state index is 0.292. The fourth-order valence-corrected chi connectivity index (χ4v) is 2.17. The second-order valence-corrected chi connectivity index (χ2v) is 5.41. The third-order valence-corrected chi connectivity index (χ3v) is 3.40. The van der Waals surface area contributed by atoms with Crippen molar-refractivity contribution in [2.24, 2.45) is 11.8 Å². The van der Waals surface area contributed by atoms with Crippen LogP contribution >= 0.6 is 0 Å². The number of amides is 1. The van der Waals surface area contributed by atoms with Gasteiger partial charge in [0.25, 0.3) is 0 Å². The zero-order valence-electron chi connectivity index (χ0n) is 11.5. The van der Waals surface area contributed by atoms with Crippen molar-refractivity contribution in [2.45, 2.75) is 33.6 Å². The highest BCUT2D eigenvalue weighted by Gasteiger charge is 2.31. The van der Waals surface area contributed by atoms with Crippen LogP contribution in [-0.4, -0.2) is 37.0 Å². The fourth-order valence-electron chi connectivity index (χ4n) is 2.17. The van der Waals surface area contributed by atoms with Crippen LogP contribution in [-0.2, 0) is 4.79 Å². The Morgan fingerprint density at radius 3 is 2.82 bits per heavy atom. The molecule has 3 heteroatoms. The number of likely N-dealkylation sites (tertiary alicyclic amines) is 1. The van der Waals surface area contributed by atoms with Gasteiger partial charge >= 0.3 is 0 Å². The minimum absolute atomic E-state index is 0.292. The molecule has 1 N–H and O–H groups in total. The second-order valence-electron chi connectivity index (χ2n) is 5.41. The first-order valence-corrected chi connectivity index (χ1v) is 6.69. The standard InChI is InChI=1S/C14H26N2O/c1-5-6-15-8-12(4)9-16-10-13(11(2)3)7-14(16)17/h11,13,15H,4-10H2,1-3H3. The number of hydrogen-bond donors (Lipinski definition) is 1. The Labute approximate surface area is 105 Å². The summed E-state index contributed by atoms with van der Waals surface area (Å²) in [6, 6.07) is 0. The normalized spacial score (nSPS) is 20.4. The van der Waals surface area contributed by atoms with Gasteiger partial charge in [0.15, 0.2) is 0 Å². The molecule has 0 radical (unpaired) electrons. The zero-order valence-corrected chi connectivity index (χ0v) is 11.5. The van der Waals surface area contributed by atoms with E-state index in [1.807, 2.05) is 4.90 Å². The van der Waals surface area contributed by atoms with E-state index in [0.29, 0.717) is 24.2 Å². The van der Waals surface area contributed by atoms with E-state index < -0.39 is 0 Å². The highest BCUT2D eigenvalue weighted by Crippen LogP contribution is 2.24. The minimum Gasteiger partial charge on any atom is -0.338 e. The van der Waals surface area contributed by atoms with Crippen molar-refractivity contribution in [2.75, 3.05) is 26.2 Å². The average Bonchev–Trinajstić information content (AvgIpc) is 2.61. The first kappa shape index (κ1) is 14.2. The summed E-state index contributed by atoms with van der Waals surface area (Å²) in [4.78, 5) is 13.8. The molecule has 1 heterocycles. The molecule has 0 aromatic carbocycles. The lowest BCUT2D eigenvalue weighted by Crippen LogP contribution is -2.31. The number of nitrogens with one attached hydrogen (secondary N) is 1. The molecule has 1 fully saturated rings. The molecule has 0 saturated carbocycles. The molecular formula is C14H26N2O. The van der Waals surface area contributed by atoms with Gasteiger partial charge in [0, 0.05) is 26.1 Å². The lowest BCUT2D eigenvalue weighted by atomic mass is 9.95. The molecule has 3 nitrogen and oxygen atoms in total. The van der Waals surface area contributed by atoms with Gasteiger partial charge in [-0.15, -0.1) is 0 Å². The van der Waals surface area contributed by atoms with E-state index in [1.165, 1.54) is 0 Å². The Balaban J connectivity index is 2.32. The molecule has 0 aromatic heterocycles. The molecule has 0 aromatic rings. The Hall–Kier alpha value is -0.830. The number of hydrogen-bond acceptors (Lipinski definition) is 2. The van der Waals surface area contributed by atoms with E-state index in [0.717, 1.165) is 38.2 Å². The van der Waals surface area contributed by atoms with Crippen LogP contribution in [0.1, 0.15) is 33.6 Å². The second kappa shape index (κ2) is 6.80. The fraction of sp³-hybridized carbons (Fsp3) is 0.786. The van der Waals surface area contributed by atoms with E-state index >= 15 is 0 Å². The van der Waals surface area contributed by atoms with Gasteiger partial charge in [-0.1, -0.05) is 27.4 Å². The van der Waals surface area contributed by atoms with Gasteiger partial charge in [0.1, 0.15) is 0 Å². The molecule has 98 valence electrons. The van der Waals surface area contributed by atoms with Crippen molar-refractivity contribution >= 4 is 5.91 Å². The summed E-state index contributed by atoms with van der Waals surface area (Å²) in [5, 5.41) is 3.32. The maximum absolute atomic E-state index is 11.8. The van der Waals surface area contributed by atoms with Crippen LogP contribution in [0.15, 0.2) is 12.2 Å². The number of rotatable bonds is 7. The summed E-state index contributed by atoms with van der Waals surface area (Å²) in [6.45, 7) is 14.0. The number of carbonyl (C=O) groups is 1. The highest BCUT2D eigenvalue weighted by molar-refractivity contribution is 5.78. The van der Waals surface area contributed by atoms with E-state index in [2.05, 4.69) is 32.7 Å². The predicted octanol–water partition coefficient (Wildman–Crippen LogP) is 2.05. The first-order valence-electron chi connectivity index (χ1n) is 6.69. The summed E-state index contributed by atoms with van der Waals surface area (Å²) >= 11 is 0. The molecule has 1 aliphatic rings. The highest BCUT2D eigenvalue weighted by atomic mass is 16.2. The zero-order chi connectivity index (χ0) is 12.8. The van der Waals surface area contributed by atoms with E-state index in [1.54, 1.807) is 0 Å². The number of nitrogens with zero attached hydrogens (tertiary/aromatic N) is 1. The summed E-state index contributed by atoms with van der Waals surface area (Å²) < 4.78 is 0. The SMILES string of the molecule is C=C(CNCCC)CN1CC(C(C)C)CC1=O. The Kier molecular flexibility index (Phi) is 5.69. The summed E-state index contributed by atoms with van der Waals surface area (Å²) in [5.41, 5.74) is 1.11. The molecule has 17 heavy (non-hydrogen) atoms. The van der Waals surface area contributed by atoms with Crippen molar-refractivity contribution in [3.05, 3.63) is 12.2 Å². The molecule has 1 atom stereocenters. The lowest BCUT2D eigenvalue weighted by Gasteiger charge is -2.19. The van der Waals surface area contributed by atoms with Gasteiger partial charge in [-0.05, 0) is 30.4 Å². The van der Waals surface area contributed by atoms with Gasteiger partial charge in [-0.25, -0.2) is 0 Å². The van der Waals surface area contributed by atoms with E-state index in [9.17, 15) is 4.79 Å². The number of carbonyl (C=O) groups excluding carboxylic acids is 1. The Morgan fingerprint density at radius 1 is 1.59 bits per heavy atom. The van der Waals surface area contributed by atoms with Crippen LogP contribution in [0.5, 0.6) is 0 Å². The molecular weight excluding hydrogens is 212 g/mol. The quantitative estimate of drug-likeness (QED) is 0.544. The smallest absolute Gasteiger partial charge is 0.223 e. The summed E-state index contributed by atoms with van der Waals surface area (Å²) in [7, 11) is 0. The van der Waals surface area contributed by atoms with Gasteiger partial charge in [0.2, 0.25) is 5.91 Å². The monoisotopic (exact) mass is 238 g/mol. The Bertz CT molecular complexity index is 273. The van der Waals surface area contributed by atoms with Crippen molar-refractivity contribution in [1.29, 1.82) is 0 Å². The first-order chi connectivity index (χ1) is 8.04. The Morgan fingerprint density at radius 2 is 2.29 bits per heavy atom. The van der Waals surface area contributed by atoms with Gasteiger partial charge in [0.05, 0.1) is 0 Å². The van der Waals surface area contributed by atoms with Crippen molar-refractivity contribution in [1.82, 2.24) is 10.2 Å². The molecule has 1 aliphatic heterocycles. The van der Waals surface area contributed by atoms with Crippen LogP contribution in [0.4, 0.5) is 0 Å². The van der Waals surface area contributed by atoms with E-state index in [4.69, 9.17) is 0 Å². The van der Waals surface area contributed by atoms with Gasteiger partial charge in [-0.2, -0.15) is 0 Å². The van der Waals surface area contributed by atoms with Crippen LogP contribution in [0.3, 0.4) is 0 Å². The molecule has 0 spiro atoms. The van der Waals surface area contributed by atoms with Crippen molar-refractivity contribution in [3.8, 4) is 0 Å². The largest absolute Gasteiger partial charge is 0.338 e. The summed E-state index contributed by atoms with van der Waals surface area (Å²) in [5.74, 6) is 1.41. The lowest BCUT2D eigenvalue weighted by molar-refractivity contribution is -0.127. The van der Waals surface area contributed by atoms with Crippen molar-refractivity contribution in [3.63, 3.8) is 0 Å². The summed E-state index contributed by atoms with van der Waals surface area (Å²) in [6.07, 6.45) is 1.85.